The van der Waals surface area contributed by atoms with Crippen molar-refractivity contribution in [3.63, 3.8) is 0 Å². The minimum Gasteiger partial charge on any atom is -0.476 e. The highest BCUT2D eigenvalue weighted by Gasteiger charge is 2.21. The third kappa shape index (κ3) is 2.88. The zero-order valence-corrected chi connectivity index (χ0v) is 11.3. The van der Waals surface area contributed by atoms with Gasteiger partial charge in [-0.15, -0.1) is 0 Å². The molecule has 0 unspecified atom stereocenters. The molecule has 1 N–H and O–H groups in total. The highest BCUT2D eigenvalue weighted by molar-refractivity contribution is 9.10. The Balaban J connectivity index is 2.45. The molecule has 0 radical (unpaired) electrons. The number of halogens is 1. The Morgan fingerprint density at radius 3 is 2.85 bits per heavy atom. The van der Waals surface area contributed by atoms with E-state index in [1.165, 1.54) is 30.6 Å². The highest BCUT2D eigenvalue weighted by Crippen LogP contribution is 2.32. The number of carboxylic acids is 1. The lowest BCUT2D eigenvalue weighted by Gasteiger charge is -2.07. The van der Waals surface area contributed by atoms with E-state index >= 15 is 0 Å². The van der Waals surface area contributed by atoms with Gasteiger partial charge in [0.25, 0.3) is 5.88 Å². The van der Waals surface area contributed by atoms with Crippen LogP contribution in [0.3, 0.4) is 0 Å². The zero-order chi connectivity index (χ0) is 14.7. The second-order valence-electron chi connectivity index (χ2n) is 3.49. The molecule has 102 valence electrons. The quantitative estimate of drug-likeness (QED) is 0.672. The van der Waals surface area contributed by atoms with E-state index in [2.05, 4.69) is 25.9 Å². The van der Waals surface area contributed by atoms with Crippen molar-refractivity contribution < 1.29 is 19.6 Å². The van der Waals surface area contributed by atoms with E-state index in [1.807, 2.05) is 0 Å². The summed E-state index contributed by atoms with van der Waals surface area (Å²) in [6.07, 6.45) is 2.58. The first-order chi connectivity index (χ1) is 9.49. The lowest BCUT2D eigenvalue weighted by atomic mass is 10.3. The van der Waals surface area contributed by atoms with Crippen LogP contribution < -0.4 is 4.74 Å². The van der Waals surface area contributed by atoms with Crippen molar-refractivity contribution in [3.05, 3.63) is 50.9 Å². The van der Waals surface area contributed by atoms with Gasteiger partial charge in [0.2, 0.25) is 0 Å². The smallest absolute Gasteiger partial charge is 0.358 e. The van der Waals surface area contributed by atoms with Gasteiger partial charge in [-0.2, -0.15) is 0 Å². The van der Waals surface area contributed by atoms with Crippen molar-refractivity contribution in [2.75, 3.05) is 0 Å². The molecule has 0 aliphatic heterocycles. The fraction of sp³-hybridized carbons (Fsp3) is 0. The van der Waals surface area contributed by atoms with E-state index < -0.39 is 10.9 Å². The van der Waals surface area contributed by atoms with Crippen molar-refractivity contribution >= 4 is 27.6 Å². The molecule has 2 aromatic rings. The van der Waals surface area contributed by atoms with Gasteiger partial charge < -0.3 is 9.84 Å². The third-order valence-corrected chi connectivity index (χ3v) is 2.61. The van der Waals surface area contributed by atoms with E-state index in [4.69, 9.17) is 9.84 Å². The average Bonchev–Trinajstić information content (AvgIpc) is 2.41. The summed E-state index contributed by atoms with van der Waals surface area (Å²) in [4.78, 5) is 28.6. The van der Waals surface area contributed by atoms with Crippen LogP contribution in [0.15, 0.2) is 35.1 Å². The first kappa shape index (κ1) is 13.9. The number of aromatic nitrogens is 2. The molecule has 0 amide bonds. The molecule has 0 saturated heterocycles. The van der Waals surface area contributed by atoms with Gasteiger partial charge >= 0.3 is 11.7 Å². The fourth-order valence-corrected chi connectivity index (χ4v) is 1.68. The number of carboxylic acid groups (broad SMARTS) is 1. The summed E-state index contributed by atoms with van der Waals surface area (Å²) in [6.45, 7) is 0. The minimum atomic E-state index is -1.31. The molecule has 0 saturated carbocycles. The molecule has 9 heteroatoms. The molecule has 2 aromatic heterocycles. The number of ether oxygens (including phenoxy) is 1. The number of rotatable bonds is 4. The van der Waals surface area contributed by atoms with Crippen LogP contribution in [0.2, 0.25) is 0 Å². The van der Waals surface area contributed by atoms with Crippen molar-refractivity contribution in [2.45, 2.75) is 0 Å². The van der Waals surface area contributed by atoms with Crippen LogP contribution in [0.25, 0.3) is 0 Å². The lowest BCUT2D eigenvalue weighted by molar-refractivity contribution is -0.386. The summed E-state index contributed by atoms with van der Waals surface area (Å²) in [5.74, 6) is -1.74. The first-order valence-corrected chi connectivity index (χ1v) is 5.94. The van der Waals surface area contributed by atoms with Crippen molar-refractivity contribution in [3.8, 4) is 11.6 Å². The molecule has 2 heterocycles. The molecular formula is C11H6BrN3O5. The maximum Gasteiger partial charge on any atom is 0.358 e. The van der Waals surface area contributed by atoms with Gasteiger partial charge in [0.15, 0.2) is 11.4 Å². The van der Waals surface area contributed by atoms with Gasteiger partial charge in [-0.25, -0.2) is 14.8 Å². The molecule has 0 fully saturated rings. The average molecular weight is 340 g/mol. The standard InChI is InChI=1S/C11H6BrN3O5/c12-6-4-7(15(18)19)10(14-5-6)20-8-2-1-3-13-9(8)11(16)17/h1-5H,(H,16,17). The SMILES string of the molecule is O=C(O)c1ncccc1Oc1ncc(Br)cc1[N+](=O)[O-]. The largest absolute Gasteiger partial charge is 0.476 e. The molecule has 0 spiro atoms. The molecule has 8 nitrogen and oxygen atoms in total. The predicted octanol–water partition coefficient (Wildman–Crippen LogP) is 2.64. The van der Waals surface area contributed by atoms with E-state index in [1.54, 1.807) is 0 Å². The predicted molar refractivity (Wildman–Crippen MR) is 69.9 cm³/mol. The van der Waals surface area contributed by atoms with Gasteiger partial charge in [-0.1, -0.05) is 0 Å². The Labute approximate surface area is 120 Å². The van der Waals surface area contributed by atoms with Crippen LogP contribution in [0.1, 0.15) is 10.5 Å². The maximum absolute atomic E-state index is 11.0. The number of hydrogen-bond acceptors (Lipinski definition) is 6. The Kier molecular flexibility index (Phi) is 3.89. The maximum atomic E-state index is 11.0. The Morgan fingerprint density at radius 1 is 1.45 bits per heavy atom. The van der Waals surface area contributed by atoms with Crippen LogP contribution in [0.5, 0.6) is 11.6 Å². The van der Waals surface area contributed by atoms with Gasteiger partial charge in [0.1, 0.15) is 0 Å². The molecular weight excluding hydrogens is 334 g/mol. The zero-order valence-electron chi connectivity index (χ0n) is 9.69. The van der Waals surface area contributed by atoms with Gasteiger partial charge in [-0.3, -0.25) is 10.1 Å². The van der Waals surface area contributed by atoms with Crippen LogP contribution >= 0.6 is 15.9 Å². The summed E-state index contributed by atoms with van der Waals surface area (Å²) in [5, 5.41) is 19.9. The summed E-state index contributed by atoms with van der Waals surface area (Å²) >= 11 is 3.06. The summed E-state index contributed by atoms with van der Waals surface area (Å²) in [5.41, 5.74) is -0.744. The fourth-order valence-electron chi connectivity index (χ4n) is 1.36. The Bertz CT molecular complexity index is 692. The second kappa shape index (κ2) is 5.61. The number of nitrogens with zero attached hydrogens (tertiary/aromatic N) is 3. The van der Waals surface area contributed by atoms with Gasteiger partial charge in [0.05, 0.1) is 4.92 Å². The van der Waals surface area contributed by atoms with Crippen molar-refractivity contribution in [1.82, 2.24) is 9.97 Å². The monoisotopic (exact) mass is 339 g/mol. The molecule has 0 atom stereocenters. The van der Waals surface area contributed by atoms with E-state index in [0.717, 1.165) is 0 Å². The van der Waals surface area contributed by atoms with Gasteiger partial charge in [0, 0.05) is 22.9 Å². The summed E-state index contributed by atoms with van der Waals surface area (Å²) < 4.78 is 5.61. The molecule has 0 aromatic carbocycles. The van der Waals surface area contributed by atoms with Crippen molar-refractivity contribution in [1.29, 1.82) is 0 Å². The topological polar surface area (TPSA) is 115 Å². The number of carbonyl (C=O) groups is 1. The van der Waals surface area contributed by atoms with Crippen LogP contribution in [-0.2, 0) is 0 Å². The van der Waals surface area contributed by atoms with Gasteiger partial charge in [-0.05, 0) is 28.1 Å². The second-order valence-corrected chi connectivity index (χ2v) is 4.41. The van der Waals surface area contributed by atoms with E-state index in [0.29, 0.717) is 4.47 Å². The van der Waals surface area contributed by atoms with Crippen LogP contribution in [0.4, 0.5) is 5.69 Å². The summed E-state index contributed by atoms with van der Waals surface area (Å²) in [6, 6.07) is 4.00. The first-order valence-electron chi connectivity index (χ1n) is 5.15. The van der Waals surface area contributed by atoms with Crippen LogP contribution in [-0.4, -0.2) is 26.0 Å². The summed E-state index contributed by atoms with van der Waals surface area (Å²) in [7, 11) is 0. The molecule has 0 bridgehead atoms. The minimum absolute atomic E-state index is 0.127. The molecule has 0 aliphatic rings. The lowest BCUT2D eigenvalue weighted by Crippen LogP contribution is -2.04. The van der Waals surface area contributed by atoms with Crippen molar-refractivity contribution in [2.24, 2.45) is 0 Å². The number of aromatic carboxylic acids is 1. The number of pyridine rings is 2. The highest BCUT2D eigenvalue weighted by atomic mass is 79.9. The number of hydrogen-bond donors (Lipinski definition) is 1. The van der Waals surface area contributed by atoms with Crippen LogP contribution in [0, 0.1) is 10.1 Å². The Morgan fingerprint density at radius 2 is 2.20 bits per heavy atom. The Hall–Kier alpha value is -2.55. The molecule has 2 rings (SSSR count). The normalized spacial score (nSPS) is 10.1. The molecule has 20 heavy (non-hydrogen) atoms. The third-order valence-electron chi connectivity index (χ3n) is 2.18. The molecule has 0 aliphatic carbocycles. The number of nitro groups is 1. The van der Waals surface area contributed by atoms with E-state index in [-0.39, 0.29) is 23.0 Å². The van der Waals surface area contributed by atoms with E-state index in [9.17, 15) is 14.9 Å².